The summed E-state index contributed by atoms with van der Waals surface area (Å²) in [4.78, 5) is 19.8. The quantitative estimate of drug-likeness (QED) is 0.562. The van der Waals surface area contributed by atoms with Crippen LogP contribution in [0.1, 0.15) is 18.1 Å². The van der Waals surface area contributed by atoms with Crippen LogP contribution in [0.25, 0.3) is 0 Å². The topological polar surface area (TPSA) is 92.7 Å². The molecular formula is C24H28N6O3. The summed E-state index contributed by atoms with van der Waals surface area (Å²) >= 11 is 0. The van der Waals surface area contributed by atoms with Crippen LogP contribution in [0.5, 0.6) is 11.8 Å². The van der Waals surface area contributed by atoms with Crippen LogP contribution in [-0.2, 0) is 17.9 Å². The number of hydrogen-bond donors (Lipinski definition) is 1. The first-order valence-electron chi connectivity index (χ1n) is 10.9. The number of benzene rings is 1. The fraction of sp³-hybridized carbons (Fsp3) is 0.333. The zero-order chi connectivity index (χ0) is 23.0. The Bertz CT molecular complexity index is 1030. The second kappa shape index (κ2) is 10.6. The number of hydrogen-bond acceptors (Lipinski definition) is 8. The Hall–Kier alpha value is -3.88. The van der Waals surface area contributed by atoms with Gasteiger partial charge in [0, 0.05) is 69.2 Å². The van der Waals surface area contributed by atoms with Gasteiger partial charge in [0.05, 0.1) is 7.11 Å². The van der Waals surface area contributed by atoms with Crippen molar-refractivity contribution in [2.45, 2.75) is 20.1 Å². The van der Waals surface area contributed by atoms with Gasteiger partial charge < -0.3 is 24.6 Å². The number of amides is 1. The smallest absolute Gasteiger partial charge is 0.233 e. The highest BCUT2D eigenvalue weighted by molar-refractivity contribution is 5.73. The van der Waals surface area contributed by atoms with Crippen molar-refractivity contribution < 1.29 is 14.3 Å². The first kappa shape index (κ1) is 22.3. The van der Waals surface area contributed by atoms with Crippen LogP contribution < -0.4 is 19.7 Å². The minimum absolute atomic E-state index is 0.147. The van der Waals surface area contributed by atoms with Crippen LogP contribution in [0.2, 0.25) is 0 Å². The van der Waals surface area contributed by atoms with Crippen LogP contribution in [0.15, 0.2) is 54.7 Å². The minimum Gasteiger partial charge on any atom is -0.481 e. The average Bonchev–Trinajstić information content (AvgIpc) is 2.87. The third-order valence-corrected chi connectivity index (χ3v) is 5.53. The summed E-state index contributed by atoms with van der Waals surface area (Å²) < 4.78 is 10.7. The number of nitrogens with zero attached hydrogens (tertiary/aromatic N) is 5. The highest BCUT2D eigenvalue weighted by Gasteiger charge is 2.18. The van der Waals surface area contributed by atoms with Gasteiger partial charge in [0.25, 0.3) is 0 Å². The molecule has 3 heterocycles. The normalized spacial score (nSPS) is 13.5. The van der Waals surface area contributed by atoms with Crippen LogP contribution in [0.4, 0.5) is 11.5 Å². The number of carbonyl (C=O) groups excluding carboxylic acids is 1. The van der Waals surface area contributed by atoms with Crippen molar-refractivity contribution in [1.29, 1.82) is 0 Å². The van der Waals surface area contributed by atoms with Crippen molar-refractivity contribution in [1.82, 2.24) is 20.1 Å². The Morgan fingerprint density at radius 2 is 1.67 bits per heavy atom. The van der Waals surface area contributed by atoms with Gasteiger partial charge in [0.2, 0.25) is 17.7 Å². The molecule has 1 aliphatic heterocycles. The van der Waals surface area contributed by atoms with Gasteiger partial charge in [-0.05, 0) is 29.8 Å². The first-order chi connectivity index (χ1) is 16.1. The lowest BCUT2D eigenvalue weighted by atomic mass is 10.1. The second-order valence-corrected chi connectivity index (χ2v) is 7.77. The summed E-state index contributed by atoms with van der Waals surface area (Å²) in [7, 11) is 1.58. The maximum absolute atomic E-state index is 11.5. The molecule has 0 radical (unpaired) electrons. The Balaban J connectivity index is 1.23. The van der Waals surface area contributed by atoms with Crippen LogP contribution in [-0.4, -0.2) is 59.3 Å². The molecule has 0 aliphatic carbocycles. The molecule has 0 atom stereocenters. The molecule has 33 heavy (non-hydrogen) atoms. The predicted octanol–water partition coefficient (Wildman–Crippen LogP) is 2.74. The zero-order valence-electron chi connectivity index (χ0n) is 18.9. The maximum atomic E-state index is 11.5. The van der Waals surface area contributed by atoms with E-state index in [1.807, 2.05) is 17.0 Å². The molecule has 1 N–H and O–H groups in total. The summed E-state index contributed by atoms with van der Waals surface area (Å²) in [6.45, 7) is 5.89. The standard InChI is InChI=1S/C24H28N6O3/c1-18(31)29-11-13-30(14-12-29)21-6-3-19(4-7-21)15-25-22-8-10-24(28-27-22)33-17-20-5-9-23(32-2)26-16-20/h3-10,16H,11-15,17H2,1-2H3,(H,25,27). The molecule has 0 spiro atoms. The molecule has 1 amide bonds. The maximum Gasteiger partial charge on any atom is 0.233 e. The van der Waals surface area contributed by atoms with Gasteiger partial charge in [0.15, 0.2) is 0 Å². The molecule has 0 saturated carbocycles. The molecular weight excluding hydrogens is 420 g/mol. The van der Waals surface area contributed by atoms with E-state index in [-0.39, 0.29) is 5.91 Å². The van der Waals surface area contributed by atoms with Gasteiger partial charge in [-0.15, -0.1) is 10.2 Å². The fourth-order valence-corrected chi connectivity index (χ4v) is 3.56. The van der Waals surface area contributed by atoms with Gasteiger partial charge in [-0.3, -0.25) is 4.79 Å². The molecule has 1 aromatic carbocycles. The monoisotopic (exact) mass is 448 g/mol. The van der Waals surface area contributed by atoms with Gasteiger partial charge in [-0.25, -0.2) is 4.98 Å². The van der Waals surface area contributed by atoms with E-state index in [1.165, 1.54) is 5.69 Å². The molecule has 2 aromatic heterocycles. The number of ether oxygens (including phenoxy) is 2. The number of rotatable bonds is 8. The molecule has 9 heteroatoms. The van der Waals surface area contributed by atoms with E-state index >= 15 is 0 Å². The van der Waals surface area contributed by atoms with Crippen LogP contribution in [0, 0.1) is 0 Å². The highest BCUT2D eigenvalue weighted by Crippen LogP contribution is 2.18. The number of piperazine rings is 1. The number of methoxy groups -OCH3 is 1. The molecule has 0 unspecified atom stereocenters. The molecule has 9 nitrogen and oxygen atoms in total. The Morgan fingerprint density at radius 3 is 2.27 bits per heavy atom. The Morgan fingerprint density at radius 1 is 0.939 bits per heavy atom. The summed E-state index contributed by atoms with van der Waals surface area (Å²) in [6.07, 6.45) is 1.71. The van der Waals surface area contributed by atoms with E-state index in [9.17, 15) is 4.79 Å². The Kier molecular flexibility index (Phi) is 7.19. The van der Waals surface area contributed by atoms with Crippen LogP contribution in [0.3, 0.4) is 0 Å². The van der Waals surface area contributed by atoms with E-state index in [0.29, 0.717) is 30.7 Å². The zero-order valence-corrected chi connectivity index (χ0v) is 18.9. The van der Waals surface area contributed by atoms with Crippen molar-refractivity contribution in [3.63, 3.8) is 0 Å². The van der Waals surface area contributed by atoms with E-state index in [0.717, 1.165) is 37.3 Å². The number of aromatic nitrogens is 3. The summed E-state index contributed by atoms with van der Waals surface area (Å²) in [6, 6.07) is 15.8. The van der Waals surface area contributed by atoms with Crippen molar-refractivity contribution in [2.75, 3.05) is 43.5 Å². The lowest BCUT2D eigenvalue weighted by Crippen LogP contribution is -2.48. The van der Waals surface area contributed by atoms with Crippen molar-refractivity contribution in [2.24, 2.45) is 0 Å². The largest absolute Gasteiger partial charge is 0.481 e. The lowest BCUT2D eigenvalue weighted by molar-refractivity contribution is -0.129. The van der Waals surface area contributed by atoms with Gasteiger partial charge in [0.1, 0.15) is 12.4 Å². The molecule has 0 bridgehead atoms. The summed E-state index contributed by atoms with van der Waals surface area (Å²) in [5, 5.41) is 11.6. The third-order valence-electron chi connectivity index (χ3n) is 5.53. The number of pyridine rings is 1. The number of anilines is 2. The second-order valence-electron chi connectivity index (χ2n) is 7.77. The van der Waals surface area contributed by atoms with Crippen molar-refractivity contribution in [3.8, 4) is 11.8 Å². The van der Waals surface area contributed by atoms with E-state index in [2.05, 4.69) is 49.7 Å². The summed E-state index contributed by atoms with van der Waals surface area (Å²) in [5.41, 5.74) is 3.24. The number of carbonyl (C=O) groups is 1. The van der Waals surface area contributed by atoms with Gasteiger partial charge in [-0.2, -0.15) is 0 Å². The predicted molar refractivity (Wildman–Crippen MR) is 125 cm³/mol. The molecule has 4 rings (SSSR count). The SMILES string of the molecule is COc1ccc(COc2ccc(NCc3ccc(N4CCN(C(C)=O)CC4)cc3)nn2)cn1. The molecule has 1 fully saturated rings. The summed E-state index contributed by atoms with van der Waals surface area (Å²) in [5.74, 6) is 1.84. The lowest BCUT2D eigenvalue weighted by Gasteiger charge is -2.35. The average molecular weight is 449 g/mol. The molecule has 1 saturated heterocycles. The van der Waals surface area contributed by atoms with Gasteiger partial charge in [-0.1, -0.05) is 12.1 Å². The molecule has 3 aromatic rings. The van der Waals surface area contributed by atoms with Gasteiger partial charge >= 0.3 is 0 Å². The van der Waals surface area contributed by atoms with E-state index < -0.39 is 0 Å². The Labute approximate surface area is 193 Å². The van der Waals surface area contributed by atoms with E-state index in [1.54, 1.807) is 32.4 Å². The van der Waals surface area contributed by atoms with Crippen molar-refractivity contribution >= 4 is 17.4 Å². The third kappa shape index (κ3) is 6.09. The van der Waals surface area contributed by atoms with Crippen LogP contribution >= 0.6 is 0 Å². The van der Waals surface area contributed by atoms with E-state index in [4.69, 9.17) is 9.47 Å². The van der Waals surface area contributed by atoms with Crippen molar-refractivity contribution in [3.05, 3.63) is 65.9 Å². The molecule has 1 aliphatic rings. The fourth-order valence-electron chi connectivity index (χ4n) is 3.56. The number of nitrogens with one attached hydrogen (secondary N) is 1. The highest BCUT2D eigenvalue weighted by atomic mass is 16.5. The molecule has 172 valence electrons. The minimum atomic E-state index is 0.147. The first-order valence-corrected chi connectivity index (χ1v) is 10.9.